The number of nitrogens with one attached hydrogen (secondary N) is 1. The van der Waals surface area contributed by atoms with Crippen LogP contribution in [0.4, 0.5) is 10.5 Å². The van der Waals surface area contributed by atoms with Crippen molar-refractivity contribution in [3.63, 3.8) is 0 Å². The van der Waals surface area contributed by atoms with E-state index in [0.29, 0.717) is 23.1 Å². The van der Waals surface area contributed by atoms with Gasteiger partial charge in [-0.05, 0) is 48.4 Å². The van der Waals surface area contributed by atoms with E-state index in [9.17, 15) is 9.59 Å². The Morgan fingerprint density at radius 1 is 1.21 bits per heavy atom. The SMILES string of the molecule is COc1ccccc1NC(=O)n1ccc(-c2sc(SC3CCCC3)c3c2CC(C)(C)CC3=O)n1. The van der Waals surface area contributed by atoms with E-state index in [1.165, 1.54) is 30.4 Å². The number of benzene rings is 1. The van der Waals surface area contributed by atoms with E-state index in [0.717, 1.165) is 32.3 Å². The molecule has 2 aliphatic rings. The van der Waals surface area contributed by atoms with Crippen molar-refractivity contribution < 1.29 is 14.3 Å². The van der Waals surface area contributed by atoms with E-state index in [2.05, 4.69) is 24.3 Å². The minimum Gasteiger partial charge on any atom is -0.495 e. The molecule has 2 aromatic heterocycles. The first-order valence-corrected chi connectivity index (χ1v) is 13.4. The lowest BCUT2D eigenvalue weighted by molar-refractivity contribution is 0.0910. The lowest BCUT2D eigenvalue weighted by Gasteiger charge is -2.29. The first kappa shape index (κ1) is 23.2. The molecule has 0 unspecified atom stereocenters. The molecule has 0 aliphatic heterocycles. The number of thioether (sulfide) groups is 1. The van der Waals surface area contributed by atoms with E-state index >= 15 is 0 Å². The van der Waals surface area contributed by atoms with Gasteiger partial charge in [0.15, 0.2) is 5.78 Å². The largest absolute Gasteiger partial charge is 0.495 e. The number of hydrogen-bond acceptors (Lipinski definition) is 6. The van der Waals surface area contributed by atoms with E-state index < -0.39 is 0 Å². The third-order valence-corrected chi connectivity index (χ3v) is 9.31. The fraction of sp³-hybridized carbons (Fsp3) is 0.423. The molecule has 8 heteroatoms. The number of methoxy groups -OCH3 is 1. The Labute approximate surface area is 208 Å². The lowest BCUT2D eigenvalue weighted by Crippen LogP contribution is -2.26. The molecular weight excluding hydrogens is 466 g/mol. The summed E-state index contributed by atoms with van der Waals surface area (Å²) in [4.78, 5) is 27.1. The number of nitrogens with zero attached hydrogens (tertiary/aromatic N) is 2. The van der Waals surface area contributed by atoms with Crippen LogP contribution in [0.15, 0.2) is 40.7 Å². The summed E-state index contributed by atoms with van der Waals surface area (Å²) < 4.78 is 7.77. The number of fused-ring (bicyclic) bond motifs is 1. The molecule has 178 valence electrons. The van der Waals surface area contributed by atoms with Crippen LogP contribution in [0.3, 0.4) is 0 Å². The van der Waals surface area contributed by atoms with Crippen molar-refractivity contribution in [2.24, 2.45) is 5.41 Å². The van der Waals surface area contributed by atoms with Crippen molar-refractivity contribution in [1.82, 2.24) is 9.78 Å². The lowest BCUT2D eigenvalue weighted by atomic mass is 9.74. The molecule has 1 aromatic carbocycles. The number of carbonyl (C=O) groups excluding carboxylic acids is 2. The molecule has 2 aliphatic carbocycles. The second kappa shape index (κ2) is 9.23. The van der Waals surface area contributed by atoms with Gasteiger partial charge in [-0.15, -0.1) is 23.1 Å². The van der Waals surface area contributed by atoms with Crippen molar-refractivity contribution in [3.8, 4) is 16.3 Å². The molecule has 3 aromatic rings. The zero-order valence-corrected chi connectivity index (χ0v) is 21.4. The van der Waals surface area contributed by atoms with Gasteiger partial charge in [-0.2, -0.15) is 9.78 Å². The normalized spacial score (nSPS) is 17.6. The first-order chi connectivity index (χ1) is 16.3. The Morgan fingerprint density at radius 2 is 1.97 bits per heavy atom. The summed E-state index contributed by atoms with van der Waals surface area (Å²) in [6, 6.07) is 8.78. The van der Waals surface area contributed by atoms with Gasteiger partial charge >= 0.3 is 6.03 Å². The van der Waals surface area contributed by atoms with Gasteiger partial charge < -0.3 is 10.1 Å². The third kappa shape index (κ3) is 4.53. The van der Waals surface area contributed by atoms with Crippen molar-refractivity contribution >= 4 is 40.6 Å². The molecule has 1 saturated carbocycles. The van der Waals surface area contributed by atoms with Crippen LogP contribution in [0.5, 0.6) is 5.75 Å². The molecule has 0 spiro atoms. The average molecular weight is 496 g/mol. The molecule has 6 nitrogen and oxygen atoms in total. The minimum absolute atomic E-state index is 0.0843. The summed E-state index contributed by atoms with van der Waals surface area (Å²) in [6.45, 7) is 4.30. The highest BCUT2D eigenvalue weighted by Gasteiger charge is 2.37. The van der Waals surface area contributed by atoms with Gasteiger partial charge in [0.05, 0.1) is 21.9 Å². The molecule has 1 N–H and O–H groups in total. The summed E-state index contributed by atoms with van der Waals surface area (Å²) in [5, 5.41) is 8.06. The monoisotopic (exact) mass is 495 g/mol. The summed E-state index contributed by atoms with van der Waals surface area (Å²) in [5.41, 5.74) is 3.24. The fourth-order valence-electron chi connectivity index (χ4n) is 4.88. The number of para-hydroxylation sites is 2. The van der Waals surface area contributed by atoms with Crippen LogP contribution in [-0.2, 0) is 6.42 Å². The number of Topliss-reactive ketones (excluding diaryl/α,β-unsaturated/α-hetero) is 1. The van der Waals surface area contributed by atoms with Crippen LogP contribution < -0.4 is 10.1 Å². The van der Waals surface area contributed by atoms with Gasteiger partial charge in [0, 0.05) is 23.4 Å². The maximum Gasteiger partial charge on any atom is 0.346 e. The number of ketones is 1. The van der Waals surface area contributed by atoms with Crippen LogP contribution in [0, 0.1) is 5.41 Å². The molecule has 2 heterocycles. The first-order valence-electron chi connectivity index (χ1n) is 11.7. The molecule has 1 amide bonds. The van der Waals surface area contributed by atoms with Crippen LogP contribution in [0.2, 0.25) is 0 Å². The Morgan fingerprint density at radius 3 is 2.74 bits per heavy atom. The van der Waals surface area contributed by atoms with E-state index in [1.54, 1.807) is 36.8 Å². The van der Waals surface area contributed by atoms with Crippen molar-refractivity contribution in [2.75, 3.05) is 12.4 Å². The second-order valence-electron chi connectivity index (χ2n) is 9.81. The highest BCUT2D eigenvalue weighted by Crippen LogP contribution is 2.50. The average Bonchev–Trinajstić information content (AvgIpc) is 3.54. The van der Waals surface area contributed by atoms with Crippen LogP contribution in [0.25, 0.3) is 10.6 Å². The van der Waals surface area contributed by atoms with E-state index in [-0.39, 0.29) is 17.2 Å². The number of carbonyl (C=O) groups is 2. The number of rotatable bonds is 5. The van der Waals surface area contributed by atoms with Crippen molar-refractivity contribution in [2.45, 2.75) is 61.8 Å². The molecule has 0 bridgehead atoms. The zero-order valence-electron chi connectivity index (χ0n) is 19.7. The maximum atomic E-state index is 13.2. The van der Waals surface area contributed by atoms with Crippen molar-refractivity contribution in [3.05, 3.63) is 47.7 Å². The predicted octanol–water partition coefficient (Wildman–Crippen LogP) is 6.89. The van der Waals surface area contributed by atoms with E-state index in [1.807, 2.05) is 30.0 Å². The Bertz CT molecular complexity index is 1240. The molecule has 0 saturated heterocycles. The standard InChI is InChI=1S/C26H29N3O3S2/c1-26(2)14-17-22(20(30)15-26)24(33-16-8-4-5-9-16)34-23(17)19-12-13-29(28-19)25(31)27-18-10-6-7-11-21(18)32-3/h6-7,10-13,16H,4-5,8-9,14-15H2,1-3H3,(H,27,31). The summed E-state index contributed by atoms with van der Waals surface area (Å²) in [7, 11) is 1.57. The van der Waals surface area contributed by atoms with Gasteiger partial charge in [0.2, 0.25) is 0 Å². The van der Waals surface area contributed by atoms with E-state index in [4.69, 9.17) is 4.74 Å². The Kier molecular flexibility index (Phi) is 6.29. The molecule has 5 rings (SSSR count). The number of aromatic nitrogens is 2. The fourth-order valence-corrected chi connectivity index (χ4v) is 8.00. The maximum absolute atomic E-state index is 13.2. The van der Waals surface area contributed by atoms with Gasteiger partial charge in [0.1, 0.15) is 11.4 Å². The number of anilines is 1. The predicted molar refractivity (Wildman–Crippen MR) is 137 cm³/mol. The summed E-state index contributed by atoms with van der Waals surface area (Å²) >= 11 is 3.54. The highest BCUT2D eigenvalue weighted by atomic mass is 32.2. The Hall–Kier alpha value is -2.58. The molecule has 0 radical (unpaired) electrons. The second-order valence-corrected chi connectivity index (χ2v) is 12.4. The number of ether oxygens (including phenoxy) is 1. The smallest absolute Gasteiger partial charge is 0.346 e. The summed E-state index contributed by atoms with van der Waals surface area (Å²) in [6.07, 6.45) is 8.05. The van der Waals surface area contributed by atoms with Gasteiger partial charge in [-0.1, -0.05) is 38.8 Å². The molecule has 34 heavy (non-hydrogen) atoms. The number of thiophene rings is 1. The quantitative estimate of drug-likeness (QED) is 0.417. The highest BCUT2D eigenvalue weighted by molar-refractivity contribution is 8.01. The van der Waals surface area contributed by atoms with Crippen LogP contribution >= 0.6 is 23.1 Å². The summed E-state index contributed by atoms with van der Waals surface area (Å²) in [5.74, 6) is 0.826. The van der Waals surface area contributed by atoms with Gasteiger partial charge in [0.25, 0.3) is 0 Å². The zero-order chi connectivity index (χ0) is 23.9. The topological polar surface area (TPSA) is 73.2 Å². The number of amides is 1. The molecular formula is C26H29N3O3S2. The minimum atomic E-state index is -0.363. The van der Waals surface area contributed by atoms with Gasteiger partial charge in [-0.3, -0.25) is 4.79 Å². The van der Waals surface area contributed by atoms with Crippen LogP contribution in [0.1, 0.15) is 61.9 Å². The third-order valence-electron chi connectivity index (χ3n) is 6.50. The molecule has 0 atom stereocenters. The van der Waals surface area contributed by atoms with Gasteiger partial charge in [-0.25, -0.2) is 4.79 Å². The number of hydrogen-bond donors (Lipinski definition) is 1. The van der Waals surface area contributed by atoms with Crippen molar-refractivity contribution in [1.29, 1.82) is 0 Å². The Balaban J connectivity index is 1.47. The van der Waals surface area contributed by atoms with Crippen LogP contribution in [-0.4, -0.2) is 34.0 Å². The molecule has 1 fully saturated rings.